The molecule has 0 aromatic heterocycles. The number of nitrogens with zero attached hydrogens (tertiary/aromatic N) is 1. The molecule has 4 heteroatoms. The number of rotatable bonds is 3. The second-order valence-electron chi connectivity index (χ2n) is 5.29. The van der Waals surface area contributed by atoms with Crippen molar-refractivity contribution in [3.63, 3.8) is 0 Å². The Hall–Kier alpha value is -1.32. The first-order chi connectivity index (χ1) is 8.70. The molecule has 1 N–H and O–H groups in total. The summed E-state index contributed by atoms with van der Waals surface area (Å²) in [5.74, 6) is 0.408. The summed E-state index contributed by atoms with van der Waals surface area (Å²) in [5, 5.41) is 2.92. The molecule has 0 unspecified atom stereocenters. The number of hydrogen-bond acceptors (Lipinski definition) is 2. The second kappa shape index (κ2) is 6.03. The van der Waals surface area contributed by atoms with Crippen molar-refractivity contribution in [1.29, 1.82) is 0 Å². The molecule has 0 radical (unpaired) electrons. The van der Waals surface area contributed by atoms with Gasteiger partial charge in [-0.05, 0) is 44.6 Å². The zero-order valence-electron chi connectivity index (χ0n) is 10.9. The minimum atomic E-state index is -0.107. The Kier molecular flexibility index (Phi) is 4.39. The van der Waals surface area contributed by atoms with Crippen molar-refractivity contribution in [2.75, 3.05) is 13.1 Å². The maximum atomic E-state index is 12.2. The highest BCUT2D eigenvalue weighted by Gasteiger charge is 2.30. The lowest BCUT2D eigenvalue weighted by atomic mass is 9.85. The molecular formula is C14H22N2O2. The normalized spacial score (nSPS) is 27.9. The van der Waals surface area contributed by atoms with Crippen molar-refractivity contribution in [2.24, 2.45) is 5.92 Å². The maximum absolute atomic E-state index is 12.2. The summed E-state index contributed by atoms with van der Waals surface area (Å²) >= 11 is 0. The number of hydrogen-bond donors (Lipinski definition) is 1. The molecule has 1 saturated heterocycles. The Morgan fingerprint density at radius 3 is 2.28 bits per heavy atom. The minimum Gasteiger partial charge on any atom is -0.350 e. The van der Waals surface area contributed by atoms with Crippen LogP contribution in [0.1, 0.15) is 38.5 Å². The highest BCUT2D eigenvalue weighted by Crippen LogP contribution is 2.27. The van der Waals surface area contributed by atoms with Crippen LogP contribution in [0.2, 0.25) is 0 Å². The van der Waals surface area contributed by atoms with Crippen molar-refractivity contribution < 1.29 is 9.59 Å². The van der Waals surface area contributed by atoms with E-state index in [1.807, 2.05) is 4.90 Å². The quantitative estimate of drug-likeness (QED) is 0.771. The van der Waals surface area contributed by atoms with E-state index < -0.39 is 0 Å². The highest BCUT2D eigenvalue weighted by atomic mass is 16.2. The molecule has 0 spiro atoms. The first-order valence-electron chi connectivity index (χ1n) is 6.92. The molecule has 1 aliphatic carbocycles. The number of nitrogens with one attached hydrogen (secondary N) is 1. The Morgan fingerprint density at radius 2 is 1.72 bits per heavy atom. The predicted octanol–water partition coefficient (Wildman–Crippen LogP) is 1.47. The third-order valence-electron chi connectivity index (χ3n) is 4.03. The summed E-state index contributed by atoms with van der Waals surface area (Å²) in [7, 11) is 0. The van der Waals surface area contributed by atoms with Gasteiger partial charge in [-0.25, -0.2) is 0 Å². The third kappa shape index (κ3) is 3.12. The van der Waals surface area contributed by atoms with Gasteiger partial charge in [0.05, 0.1) is 0 Å². The molecule has 1 heterocycles. The van der Waals surface area contributed by atoms with Crippen molar-refractivity contribution >= 4 is 11.8 Å². The fourth-order valence-electron chi connectivity index (χ4n) is 2.94. The van der Waals surface area contributed by atoms with Crippen LogP contribution in [0.25, 0.3) is 0 Å². The molecular weight excluding hydrogens is 228 g/mol. The van der Waals surface area contributed by atoms with Gasteiger partial charge >= 0.3 is 0 Å². The van der Waals surface area contributed by atoms with Gasteiger partial charge in [-0.1, -0.05) is 6.58 Å². The monoisotopic (exact) mass is 250 g/mol. The molecule has 2 amide bonds. The first kappa shape index (κ1) is 13.1. The highest BCUT2D eigenvalue weighted by molar-refractivity contribution is 5.87. The van der Waals surface area contributed by atoms with Gasteiger partial charge in [-0.3, -0.25) is 9.59 Å². The summed E-state index contributed by atoms with van der Waals surface area (Å²) in [6, 6.07) is 0.220. The van der Waals surface area contributed by atoms with E-state index in [0.717, 1.165) is 51.6 Å². The van der Waals surface area contributed by atoms with E-state index >= 15 is 0 Å². The fourth-order valence-corrected chi connectivity index (χ4v) is 2.94. The van der Waals surface area contributed by atoms with Crippen LogP contribution >= 0.6 is 0 Å². The number of carbonyl (C=O) groups is 2. The Morgan fingerprint density at radius 1 is 1.11 bits per heavy atom. The summed E-state index contributed by atoms with van der Waals surface area (Å²) in [6.45, 7) is 5.32. The molecule has 2 rings (SSSR count). The molecule has 1 saturated carbocycles. The van der Waals surface area contributed by atoms with E-state index in [4.69, 9.17) is 0 Å². The van der Waals surface area contributed by atoms with Gasteiger partial charge in [0, 0.05) is 25.0 Å². The van der Waals surface area contributed by atoms with Crippen LogP contribution in [0, 0.1) is 5.92 Å². The largest absolute Gasteiger partial charge is 0.350 e. The van der Waals surface area contributed by atoms with E-state index in [0.29, 0.717) is 5.91 Å². The molecule has 0 atom stereocenters. The molecule has 1 aliphatic heterocycles. The van der Waals surface area contributed by atoms with Crippen molar-refractivity contribution in [3.8, 4) is 0 Å². The predicted molar refractivity (Wildman–Crippen MR) is 69.9 cm³/mol. The molecule has 2 fully saturated rings. The van der Waals surface area contributed by atoms with Gasteiger partial charge < -0.3 is 10.2 Å². The van der Waals surface area contributed by atoms with Gasteiger partial charge in [0.2, 0.25) is 11.8 Å². The molecule has 18 heavy (non-hydrogen) atoms. The first-order valence-corrected chi connectivity index (χ1v) is 6.92. The van der Waals surface area contributed by atoms with Crippen LogP contribution in [0.3, 0.4) is 0 Å². The molecule has 4 nitrogen and oxygen atoms in total. The van der Waals surface area contributed by atoms with Crippen LogP contribution in [0.4, 0.5) is 0 Å². The summed E-state index contributed by atoms with van der Waals surface area (Å²) < 4.78 is 0. The van der Waals surface area contributed by atoms with Gasteiger partial charge in [-0.15, -0.1) is 0 Å². The maximum Gasteiger partial charge on any atom is 0.243 e. The second-order valence-corrected chi connectivity index (χ2v) is 5.29. The standard InChI is InChI=1S/C14H22N2O2/c1-2-13(17)15-12-7-5-11(6-8-12)14(18)16-9-3-4-10-16/h2,11-12H,1,3-10H2,(H,15,17). The summed E-state index contributed by atoms with van der Waals surface area (Å²) in [5.41, 5.74) is 0. The zero-order chi connectivity index (χ0) is 13.0. The average molecular weight is 250 g/mol. The number of amides is 2. The van der Waals surface area contributed by atoms with Crippen LogP contribution in [-0.4, -0.2) is 35.8 Å². The Labute approximate surface area is 108 Å². The number of likely N-dealkylation sites (tertiary alicyclic amines) is 1. The Bertz CT molecular complexity index is 327. The summed E-state index contributed by atoms with van der Waals surface area (Å²) in [4.78, 5) is 25.4. The average Bonchev–Trinajstić information content (AvgIpc) is 2.92. The van der Waals surface area contributed by atoms with Gasteiger partial charge in [0.1, 0.15) is 0 Å². The van der Waals surface area contributed by atoms with Crippen LogP contribution < -0.4 is 5.32 Å². The third-order valence-corrected chi connectivity index (χ3v) is 4.03. The summed E-state index contributed by atoms with van der Waals surface area (Å²) in [6.07, 6.45) is 7.22. The van der Waals surface area contributed by atoms with Crippen LogP contribution in [-0.2, 0) is 9.59 Å². The molecule has 0 aromatic carbocycles. The molecule has 2 aliphatic rings. The molecule has 0 bridgehead atoms. The fraction of sp³-hybridized carbons (Fsp3) is 0.714. The van der Waals surface area contributed by atoms with E-state index in [9.17, 15) is 9.59 Å². The topological polar surface area (TPSA) is 49.4 Å². The molecule has 100 valence electrons. The zero-order valence-corrected chi connectivity index (χ0v) is 10.9. The van der Waals surface area contributed by atoms with Crippen molar-refractivity contribution in [1.82, 2.24) is 10.2 Å². The van der Waals surface area contributed by atoms with Crippen molar-refractivity contribution in [2.45, 2.75) is 44.6 Å². The smallest absolute Gasteiger partial charge is 0.243 e. The van der Waals surface area contributed by atoms with E-state index in [2.05, 4.69) is 11.9 Å². The van der Waals surface area contributed by atoms with E-state index in [1.165, 1.54) is 6.08 Å². The van der Waals surface area contributed by atoms with Crippen LogP contribution in [0.5, 0.6) is 0 Å². The Balaban J connectivity index is 1.77. The van der Waals surface area contributed by atoms with Crippen LogP contribution in [0.15, 0.2) is 12.7 Å². The van der Waals surface area contributed by atoms with Gasteiger partial charge in [-0.2, -0.15) is 0 Å². The lowest BCUT2D eigenvalue weighted by molar-refractivity contribution is -0.135. The lowest BCUT2D eigenvalue weighted by Crippen LogP contribution is -2.41. The minimum absolute atomic E-state index is 0.107. The van der Waals surface area contributed by atoms with E-state index in [-0.39, 0.29) is 17.9 Å². The SMILES string of the molecule is C=CC(=O)NC1CCC(C(=O)N2CCCC2)CC1. The van der Waals surface area contributed by atoms with Gasteiger partial charge in [0.25, 0.3) is 0 Å². The van der Waals surface area contributed by atoms with E-state index in [1.54, 1.807) is 0 Å². The van der Waals surface area contributed by atoms with Gasteiger partial charge in [0.15, 0.2) is 0 Å². The lowest BCUT2D eigenvalue weighted by Gasteiger charge is -2.30. The van der Waals surface area contributed by atoms with Crippen molar-refractivity contribution in [3.05, 3.63) is 12.7 Å². The molecule has 0 aromatic rings. The number of carbonyl (C=O) groups excluding carboxylic acids is 2.